The van der Waals surface area contributed by atoms with Crippen molar-refractivity contribution in [3.05, 3.63) is 17.5 Å². The first-order valence-electron chi connectivity index (χ1n) is 4.08. The van der Waals surface area contributed by atoms with Crippen molar-refractivity contribution in [3.63, 3.8) is 0 Å². The molecule has 0 atom stereocenters. The smallest absolute Gasteiger partial charge is 0.150 e. The molecule has 0 amide bonds. The monoisotopic (exact) mass is 198 g/mol. The maximum Gasteiger partial charge on any atom is 0.150 e. The molecule has 2 N–H and O–H groups in total. The van der Waals surface area contributed by atoms with Crippen LogP contribution in [-0.2, 0) is 0 Å². The summed E-state index contributed by atoms with van der Waals surface area (Å²) in [7, 11) is 0. The summed E-state index contributed by atoms with van der Waals surface area (Å²) in [5.74, 6) is 0.777. The van der Waals surface area contributed by atoms with Crippen molar-refractivity contribution in [2.75, 3.05) is 18.0 Å². The number of hydrogen-bond acceptors (Lipinski definition) is 4. The third-order valence-corrected chi connectivity index (χ3v) is 2.32. The minimum absolute atomic E-state index is 0.103. The van der Waals surface area contributed by atoms with Crippen LogP contribution in [0.4, 0.5) is 5.82 Å². The summed E-state index contributed by atoms with van der Waals surface area (Å²) in [6.07, 6.45) is 3.09. The summed E-state index contributed by atoms with van der Waals surface area (Å²) < 4.78 is 0. The van der Waals surface area contributed by atoms with Gasteiger partial charge < -0.3 is 10.6 Å². The second-order valence-corrected chi connectivity index (χ2v) is 4.11. The van der Waals surface area contributed by atoms with Gasteiger partial charge in [0.1, 0.15) is 11.3 Å². The van der Waals surface area contributed by atoms with Crippen LogP contribution in [-0.4, -0.2) is 28.6 Å². The minimum atomic E-state index is -0.103. The fourth-order valence-corrected chi connectivity index (χ4v) is 1.74. The molecule has 0 aromatic carbocycles. The number of rotatable bonds is 1. The van der Waals surface area contributed by atoms with E-state index in [9.17, 15) is 0 Å². The fraction of sp³-hybridized carbons (Fsp3) is 0.500. The van der Waals surface area contributed by atoms with Gasteiger partial charge in [-0.3, -0.25) is 0 Å². The molecule has 0 radical (unpaired) electrons. The Kier molecular flexibility index (Phi) is 1.89. The Morgan fingerprint density at radius 3 is 2.85 bits per heavy atom. The minimum Gasteiger partial charge on any atom is -0.351 e. The van der Waals surface area contributed by atoms with Crippen LogP contribution in [0.5, 0.6) is 0 Å². The number of halogens is 1. The molecule has 1 aromatic heterocycles. The van der Waals surface area contributed by atoms with Crippen molar-refractivity contribution in [1.29, 1.82) is 0 Å². The van der Waals surface area contributed by atoms with E-state index in [0.717, 1.165) is 18.9 Å². The molecule has 1 fully saturated rings. The van der Waals surface area contributed by atoms with Crippen LogP contribution in [0.2, 0.25) is 5.02 Å². The van der Waals surface area contributed by atoms with E-state index in [0.29, 0.717) is 5.02 Å². The van der Waals surface area contributed by atoms with E-state index >= 15 is 0 Å². The molecule has 1 aliphatic heterocycles. The predicted octanol–water partition coefficient (Wildman–Crippen LogP) is 0.667. The second-order valence-electron chi connectivity index (χ2n) is 3.70. The van der Waals surface area contributed by atoms with Gasteiger partial charge in [0, 0.05) is 18.6 Å². The first-order valence-corrected chi connectivity index (χ1v) is 4.46. The molecule has 1 aliphatic rings. The lowest BCUT2D eigenvalue weighted by Gasteiger charge is -2.46. The van der Waals surface area contributed by atoms with Crippen molar-refractivity contribution in [2.45, 2.75) is 12.5 Å². The number of anilines is 1. The zero-order valence-electron chi connectivity index (χ0n) is 7.37. The summed E-state index contributed by atoms with van der Waals surface area (Å²) in [6, 6.07) is 0. The van der Waals surface area contributed by atoms with Gasteiger partial charge in [0.25, 0.3) is 0 Å². The third-order valence-electron chi connectivity index (χ3n) is 2.05. The van der Waals surface area contributed by atoms with Gasteiger partial charge in [0.15, 0.2) is 5.82 Å². The zero-order valence-corrected chi connectivity index (χ0v) is 8.12. The highest BCUT2D eigenvalue weighted by molar-refractivity contribution is 6.32. The van der Waals surface area contributed by atoms with Crippen molar-refractivity contribution in [2.24, 2.45) is 5.73 Å². The molecule has 0 spiro atoms. The normalized spacial score (nSPS) is 19.8. The van der Waals surface area contributed by atoms with Crippen LogP contribution in [0.25, 0.3) is 0 Å². The Morgan fingerprint density at radius 2 is 2.31 bits per heavy atom. The van der Waals surface area contributed by atoms with Crippen molar-refractivity contribution in [3.8, 4) is 0 Å². The number of nitrogens with zero attached hydrogens (tertiary/aromatic N) is 3. The van der Waals surface area contributed by atoms with Crippen molar-refractivity contribution < 1.29 is 0 Å². The van der Waals surface area contributed by atoms with Crippen LogP contribution in [0.15, 0.2) is 12.5 Å². The molecule has 0 aliphatic carbocycles. The standard InChI is InChI=1S/C8H11ClN4/c1-8(10)3-13(4-8)7-6(9)2-11-5-12-7/h2,5H,3-4,10H2,1H3. The predicted molar refractivity (Wildman–Crippen MR) is 51.8 cm³/mol. The Hall–Kier alpha value is -0.870. The molecule has 1 aromatic rings. The Labute approximate surface area is 81.7 Å². The zero-order chi connectivity index (χ0) is 9.47. The average Bonchev–Trinajstić information content (AvgIpc) is 2.01. The second kappa shape index (κ2) is 2.82. The van der Waals surface area contributed by atoms with E-state index in [2.05, 4.69) is 9.97 Å². The van der Waals surface area contributed by atoms with Gasteiger partial charge in [0.2, 0.25) is 0 Å². The highest BCUT2D eigenvalue weighted by Gasteiger charge is 2.36. The van der Waals surface area contributed by atoms with E-state index in [1.165, 1.54) is 6.33 Å². The lowest BCUT2D eigenvalue weighted by atomic mass is 9.94. The first kappa shape index (κ1) is 8.72. The van der Waals surface area contributed by atoms with Gasteiger partial charge in [-0.2, -0.15) is 0 Å². The maximum atomic E-state index is 5.92. The molecule has 5 heteroatoms. The molecular formula is C8H11ClN4. The summed E-state index contributed by atoms with van der Waals surface area (Å²) >= 11 is 5.92. The number of hydrogen-bond donors (Lipinski definition) is 1. The molecule has 0 unspecified atom stereocenters. The van der Waals surface area contributed by atoms with Crippen LogP contribution >= 0.6 is 11.6 Å². The average molecular weight is 199 g/mol. The Morgan fingerprint density at radius 1 is 1.62 bits per heavy atom. The Bertz CT molecular complexity index is 318. The van der Waals surface area contributed by atoms with Gasteiger partial charge in [-0.05, 0) is 6.92 Å². The maximum absolute atomic E-state index is 5.92. The number of aromatic nitrogens is 2. The van der Waals surface area contributed by atoms with Crippen LogP contribution in [0.1, 0.15) is 6.92 Å². The van der Waals surface area contributed by atoms with Crippen LogP contribution in [0, 0.1) is 0 Å². The molecule has 2 rings (SSSR count). The van der Waals surface area contributed by atoms with Crippen LogP contribution < -0.4 is 10.6 Å². The highest BCUT2D eigenvalue weighted by Crippen LogP contribution is 2.28. The van der Waals surface area contributed by atoms with Gasteiger partial charge in [0.05, 0.1) is 6.20 Å². The summed E-state index contributed by atoms with van der Waals surface area (Å²) in [5.41, 5.74) is 5.77. The lowest BCUT2D eigenvalue weighted by Crippen LogP contribution is -2.65. The van der Waals surface area contributed by atoms with Gasteiger partial charge in [-0.1, -0.05) is 11.6 Å². The molecule has 0 bridgehead atoms. The fourth-order valence-electron chi connectivity index (χ4n) is 1.51. The lowest BCUT2D eigenvalue weighted by molar-refractivity contribution is 0.363. The SMILES string of the molecule is CC1(N)CN(c2ncncc2Cl)C1. The van der Waals surface area contributed by atoms with E-state index in [1.807, 2.05) is 11.8 Å². The molecule has 0 saturated carbocycles. The van der Waals surface area contributed by atoms with E-state index in [-0.39, 0.29) is 5.54 Å². The summed E-state index contributed by atoms with van der Waals surface area (Å²) in [4.78, 5) is 9.96. The van der Waals surface area contributed by atoms with Crippen molar-refractivity contribution in [1.82, 2.24) is 9.97 Å². The molecule has 13 heavy (non-hydrogen) atoms. The highest BCUT2D eigenvalue weighted by atomic mass is 35.5. The van der Waals surface area contributed by atoms with E-state index < -0.39 is 0 Å². The molecule has 1 saturated heterocycles. The van der Waals surface area contributed by atoms with Crippen LogP contribution in [0.3, 0.4) is 0 Å². The molecular weight excluding hydrogens is 188 g/mol. The molecule has 4 nitrogen and oxygen atoms in total. The summed E-state index contributed by atoms with van der Waals surface area (Å²) in [6.45, 7) is 3.60. The molecule has 70 valence electrons. The van der Waals surface area contributed by atoms with Gasteiger partial charge in [-0.15, -0.1) is 0 Å². The number of nitrogens with two attached hydrogens (primary N) is 1. The first-order chi connectivity index (χ1) is 6.08. The Balaban J connectivity index is 2.16. The quantitative estimate of drug-likeness (QED) is 0.721. The van der Waals surface area contributed by atoms with Crippen molar-refractivity contribution >= 4 is 17.4 Å². The largest absolute Gasteiger partial charge is 0.351 e. The molecule has 2 heterocycles. The van der Waals surface area contributed by atoms with Gasteiger partial charge in [-0.25, -0.2) is 9.97 Å². The van der Waals surface area contributed by atoms with E-state index in [4.69, 9.17) is 17.3 Å². The topological polar surface area (TPSA) is 55.0 Å². The third kappa shape index (κ3) is 1.59. The summed E-state index contributed by atoms with van der Waals surface area (Å²) in [5, 5.41) is 0.581. The van der Waals surface area contributed by atoms with Gasteiger partial charge >= 0.3 is 0 Å². The van der Waals surface area contributed by atoms with E-state index in [1.54, 1.807) is 6.20 Å².